The van der Waals surface area contributed by atoms with Crippen LogP contribution in [0.4, 0.5) is 0 Å². The van der Waals surface area contributed by atoms with Gasteiger partial charge in [0.05, 0.1) is 0 Å². The molecule has 6 unspecified atom stereocenters. The molecule has 2 rings (SSSR count). The van der Waals surface area contributed by atoms with Gasteiger partial charge in [0.15, 0.2) is 0 Å². The van der Waals surface area contributed by atoms with Crippen molar-refractivity contribution in [3.63, 3.8) is 0 Å². The number of rotatable bonds is 21. The van der Waals surface area contributed by atoms with Gasteiger partial charge in [0.2, 0.25) is 0 Å². The maximum absolute atomic E-state index is 10.6. The molecule has 2 nitrogen and oxygen atoms in total. The molecule has 6 atom stereocenters. The normalized spacial score (nSPS) is 20.3. The van der Waals surface area contributed by atoms with Gasteiger partial charge in [0.1, 0.15) is 17.1 Å². The van der Waals surface area contributed by atoms with E-state index in [-0.39, 0.29) is 5.60 Å². The summed E-state index contributed by atoms with van der Waals surface area (Å²) in [6.45, 7) is 25.4. The van der Waals surface area contributed by atoms with Crippen molar-refractivity contribution in [2.75, 3.05) is 0 Å². The van der Waals surface area contributed by atoms with E-state index in [1.807, 2.05) is 13.8 Å². The van der Waals surface area contributed by atoms with Crippen LogP contribution in [-0.2, 0) is 6.42 Å². The lowest BCUT2D eigenvalue weighted by Crippen LogP contribution is -2.38. The monoisotopic (exact) mass is 585 g/mol. The summed E-state index contributed by atoms with van der Waals surface area (Å²) in [7, 11) is 0. The highest BCUT2D eigenvalue weighted by molar-refractivity contribution is 5.59. The van der Waals surface area contributed by atoms with Crippen LogP contribution in [0.25, 0.3) is 0 Å². The fourth-order valence-corrected chi connectivity index (χ4v) is 7.39. The summed E-state index contributed by atoms with van der Waals surface area (Å²) >= 11 is 0. The first-order chi connectivity index (χ1) is 19.7. The highest BCUT2D eigenvalue weighted by Crippen LogP contribution is 2.47. The van der Waals surface area contributed by atoms with Gasteiger partial charge in [-0.25, -0.2) is 0 Å². The lowest BCUT2D eigenvalue weighted by atomic mass is 9.81. The molecule has 1 aromatic carbocycles. The summed E-state index contributed by atoms with van der Waals surface area (Å²) in [4.78, 5) is 0. The lowest BCUT2D eigenvalue weighted by molar-refractivity contribution is 0.0496. The second kappa shape index (κ2) is 17.9. The molecule has 0 aromatic heterocycles. The molecule has 1 aliphatic heterocycles. The van der Waals surface area contributed by atoms with Gasteiger partial charge in [-0.2, -0.15) is 0 Å². The fraction of sp³-hybridized carbons (Fsp3) is 0.850. The number of fused-ring (bicyclic) bond motifs is 1. The van der Waals surface area contributed by atoms with Crippen molar-refractivity contribution in [2.45, 2.75) is 184 Å². The van der Waals surface area contributed by atoms with E-state index in [1.165, 1.54) is 102 Å². The molecule has 0 bridgehead atoms. The zero-order chi connectivity index (χ0) is 31.4. The van der Waals surface area contributed by atoms with Crippen LogP contribution in [0.15, 0.2) is 0 Å². The van der Waals surface area contributed by atoms with Crippen LogP contribution < -0.4 is 4.74 Å². The summed E-state index contributed by atoms with van der Waals surface area (Å²) in [5.41, 5.74) is 4.13. The molecule has 1 heterocycles. The van der Waals surface area contributed by atoms with E-state index >= 15 is 0 Å². The number of hydrogen-bond donors (Lipinski definition) is 1. The number of benzene rings is 1. The second-order valence-electron chi connectivity index (χ2n) is 16.0. The Morgan fingerprint density at radius 3 is 1.36 bits per heavy atom. The summed E-state index contributed by atoms with van der Waals surface area (Å²) in [5.74, 6) is 6.35. The highest BCUT2D eigenvalue weighted by atomic mass is 16.5. The van der Waals surface area contributed by atoms with Crippen molar-refractivity contribution >= 4 is 0 Å². The fourth-order valence-electron chi connectivity index (χ4n) is 7.39. The minimum atomic E-state index is -0.167. The Bertz CT molecular complexity index is 878. The molecule has 1 N–H and O–H groups in total. The summed E-state index contributed by atoms with van der Waals surface area (Å²) in [6.07, 6.45) is 21.7. The SMILES string of the molecule is Cc1c(C)c2c(c(C)c1O)CC(C)(C(C)CCCC(C)CCCC(C)CCCC(C)CCCC(C)CCCC(C)C)O2. The van der Waals surface area contributed by atoms with E-state index in [9.17, 15) is 5.11 Å². The first-order valence-corrected chi connectivity index (χ1v) is 18.3. The molecule has 244 valence electrons. The van der Waals surface area contributed by atoms with Crippen LogP contribution >= 0.6 is 0 Å². The van der Waals surface area contributed by atoms with E-state index in [0.717, 1.165) is 58.5 Å². The maximum atomic E-state index is 10.6. The Kier molecular flexibility index (Phi) is 15.8. The molecule has 1 aliphatic rings. The molecule has 1 aromatic rings. The Balaban J connectivity index is 1.55. The minimum absolute atomic E-state index is 0.167. The average Bonchev–Trinajstić information content (AvgIpc) is 3.29. The molecule has 0 aliphatic carbocycles. The predicted molar refractivity (Wildman–Crippen MR) is 185 cm³/mol. The van der Waals surface area contributed by atoms with Gasteiger partial charge in [-0.1, -0.05) is 138 Å². The quantitative estimate of drug-likeness (QED) is 0.156. The van der Waals surface area contributed by atoms with Crippen LogP contribution in [0.1, 0.15) is 174 Å². The highest BCUT2D eigenvalue weighted by Gasteiger charge is 2.41. The Labute approximate surface area is 263 Å². The number of phenolic OH excluding ortho intramolecular Hbond substituents is 1. The van der Waals surface area contributed by atoms with Gasteiger partial charge in [0.25, 0.3) is 0 Å². The van der Waals surface area contributed by atoms with Crippen LogP contribution in [0, 0.1) is 56.3 Å². The second-order valence-corrected chi connectivity index (χ2v) is 16.0. The van der Waals surface area contributed by atoms with Gasteiger partial charge in [-0.3, -0.25) is 0 Å². The van der Waals surface area contributed by atoms with Gasteiger partial charge in [-0.05, 0) is 86.3 Å². The smallest absolute Gasteiger partial charge is 0.127 e. The number of phenols is 1. The van der Waals surface area contributed by atoms with Gasteiger partial charge in [-0.15, -0.1) is 0 Å². The van der Waals surface area contributed by atoms with E-state index in [4.69, 9.17) is 4.74 Å². The summed E-state index contributed by atoms with van der Waals surface area (Å²) in [5, 5.41) is 10.6. The van der Waals surface area contributed by atoms with Crippen LogP contribution in [0.5, 0.6) is 11.5 Å². The van der Waals surface area contributed by atoms with E-state index in [0.29, 0.717) is 11.7 Å². The Morgan fingerprint density at radius 1 is 0.571 bits per heavy atom. The topological polar surface area (TPSA) is 29.5 Å². The average molecular weight is 585 g/mol. The molecular weight excluding hydrogens is 512 g/mol. The number of hydrogen-bond acceptors (Lipinski definition) is 2. The van der Waals surface area contributed by atoms with Gasteiger partial charge in [0, 0.05) is 12.0 Å². The van der Waals surface area contributed by atoms with Crippen LogP contribution in [0.2, 0.25) is 0 Å². The van der Waals surface area contributed by atoms with Gasteiger partial charge >= 0.3 is 0 Å². The minimum Gasteiger partial charge on any atom is -0.507 e. The van der Waals surface area contributed by atoms with Gasteiger partial charge < -0.3 is 9.84 Å². The molecule has 0 radical (unpaired) electrons. The third-order valence-corrected chi connectivity index (χ3v) is 11.2. The first-order valence-electron chi connectivity index (χ1n) is 18.3. The van der Waals surface area contributed by atoms with Crippen molar-refractivity contribution in [2.24, 2.45) is 35.5 Å². The zero-order valence-corrected chi connectivity index (χ0v) is 30.1. The third kappa shape index (κ3) is 11.7. The molecule has 0 spiro atoms. The van der Waals surface area contributed by atoms with E-state index in [1.54, 1.807) is 0 Å². The third-order valence-electron chi connectivity index (χ3n) is 11.2. The van der Waals surface area contributed by atoms with Crippen LogP contribution in [-0.4, -0.2) is 10.7 Å². The molecular formula is C40H72O2. The van der Waals surface area contributed by atoms with Crippen molar-refractivity contribution in [3.05, 3.63) is 22.3 Å². The maximum Gasteiger partial charge on any atom is 0.127 e. The molecule has 0 fully saturated rings. The molecule has 42 heavy (non-hydrogen) atoms. The standard InChI is InChI=1S/C40H72O2/c1-28(2)17-12-18-29(3)19-13-20-30(4)21-14-22-31(5)23-15-24-32(6)25-16-26-33(7)40(11)27-37-36(10)38(41)34(8)35(9)39(37)42-40/h28-33,41H,12-27H2,1-11H3. The number of ether oxygens (including phenoxy) is 1. The first kappa shape index (κ1) is 37.0. The van der Waals surface area contributed by atoms with E-state index < -0.39 is 0 Å². The largest absolute Gasteiger partial charge is 0.507 e. The molecule has 0 saturated carbocycles. The molecule has 0 saturated heterocycles. The zero-order valence-electron chi connectivity index (χ0n) is 30.1. The lowest BCUT2D eigenvalue weighted by Gasteiger charge is -2.31. The van der Waals surface area contributed by atoms with Crippen molar-refractivity contribution < 1.29 is 9.84 Å². The van der Waals surface area contributed by atoms with Crippen molar-refractivity contribution in [3.8, 4) is 11.5 Å². The summed E-state index contributed by atoms with van der Waals surface area (Å²) in [6, 6.07) is 0. The van der Waals surface area contributed by atoms with Crippen molar-refractivity contribution in [1.29, 1.82) is 0 Å². The predicted octanol–water partition coefficient (Wildman–Crippen LogP) is 12.7. The molecule has 0 amide bonds. The Morgan fingerprint density at radius 2 is 0.952 bits per heavy atom. The van der Waals surface area contributed by atoms with Crippen molar-refractivity contribution in [1.82, 2.24) is 0 Å². The summed E-state index contributed by atoms with van der Waals surface area (Å²) < 4.78 is 6.64. The number of aromatic hydroxyl groups is 1. The Hall–Kier alpha value is -1.18. The van der Waals surface area contributed by atoms with Crippen LogP contribution in [0.3, 0.4) is 0 Å². The molecule has 2 heteroatoms. The van der Waals surface area contributed by atoms with E-state index in [2.05, 4.69) is 62.3 Å².